The van der Waals surface area contributed by atoms with Gasteiger partial charge in [0.05, 0.1) is 0 Å². The van der Waals surface area contributed by atoms with E-state index in [0.717, 1.165) is 18.5 Å². The van der Waals surface area contributed by atoms with Crippen molar-refractivity contribution in [1.82, 2.24) is 10.2 Å². The summed E-state index contributed by atoms with van der Waals surface area (Å²) in [6, 6.07) is 11.7. The van der Waals surface area contributed by atoms with E-state index in [0.29, 0.717) is 5.54 Å². The zero-order valence-electron chi connectivity index (χ0n) is 12.9. The van der Waals surface area contributed by atoms with E-state index in [1.807, 2.05) is 0 Å². The van der Waals surface area contributed by atoms with Gasteiger partial charge in [0.25, 0.3) is 0 Å². The smallest absolute Gasteiger partial charge is 0.0304 e. The van der Waals surface area contributed by atoms with Crippen LogP contribution in [-0.4, -0.2) is 36.1 Å². The van der Waals surface area contributed by atoms with Gasteiger partial charge in [-0.05, 0) is 44.1 Å². The van der Waals surface area contributed by atoms with Crippen LogP contribution in [0.5, 0.6) is 0 Å². The summed E-state index contributed by atoms with van der Waals surface area (Å²) in [7, 11) is 0. The van der Waals surface area contributed by atoms with Gasteiger partial charge in [-0.15, -0.1) is 0 Å². The molecule has 2 fully saturated rings. The van der Waals surface area contributed by atoms with E-state index in [-0.39, 0.29) is 0 Å². The molecule has 2 unspecified atom stereocenters. The highest BCUT2D eigenvalue weighted by Gasteiger charge is 2.41. The molecule has 0 spiro atoms. The minimum Gasteiger partial charge on any atom is -0.311 e. The van der Waals surface area contributed by atoms with Crippen LogP contribution >= 0.6 is 0 Å². The second kappa shape index (κ2) is 5.87. The molecule has 0 radical (unpaired) electrons. The molecule has 3 rings (SSSR count). The van der Waals surface area contributed by atoms with Crippen LogP contribution in [0.25, 0.3) is 0 Å². The van der Waals surface area contributed by atoms with Crippen LogP contribution in [0.3, 0.4) is 0 Å². The minimum absolute atomic E-state index is 0.334. The summed E-state index contributed by atoms with van der Waals surface area (Å²) in [5, 5.41) is 3.81. The SMILES string of the molecule is CCC1(C)CNC(C2CC2)CN1CCc1ccccc1. The molecular weight excluding hydrogens is 244 g/mol. The van der Waals surface area contributed by atoms with Gasteiger partial charge in [-0.1, -0.05) is 37.3 Å². The largest absolute Gasteiger partial charge is 0.311 e. The first-order valence-corrected chi connectivity index (χ1v) is 8.23. The fraction of sp³-hybridized carbons (Fsp3) is 0.667. The molecule has 2 heteroatoms. The highest BCUT2D eigenvalue weighted by molar-refractivity contribution is 5.15. The molecule has 1 aliphatic heterocycles. The van der Waals surface area contributed by atoms with Crippen molar-refractivity contribution >= 4 is 0 Å². The van der Waals surface area contributed by atoms with E-state index in [4.69, 9.17) is 0 Å². The number of piperazine rings is 1. The van der Waals surface area contributed by atoms with Gasteiger partial charge in [-0.3, -0.25) is 4.90 Å². The molecule has 2 atom stereocenters. The summed E-state index contributed by atoms with van der Waals surface area (Å²) >= 11 is 0. The zero-order valence-corrected chi connectivity index (χ0v) is 12.9. The summed E-state index contributed by atoms with van der Waals surface area (Å²) in [6.07, 6.45) is 5.28. The van der Waals surface area contributed by atoms with E-state index in [2.05, 4.69) is 54.4 Å². The van der Waals surface area contributed by atoms with Crippen LogP contribution < -0.4 is 5.32 Å². The highest BCUT2D eigenvalue weighted by atomic mass is 15.3. The molecule has 1 heterocycles. The molecular formula is C18H28N2. The van der Waals surface area contributed by atoms with Gasteiger partial charge >= 0.3 is 0 Å². The van der Waals surface area contributed by atoms with Crippen molar-refractivity contribution in [2.75, 3.05) is 19.6 Å². The molecule has 2 aliphatic rings. The van der Waals surface area contributed by atoms with Crippen molar-refractivity contribution < 1.29 is 0 Å². The van der Waals surface area contributed by atoms with Crippen LogP contribution in [0.2, 0.25) is 0 Å². The number of hydrogen-bond donors (Lipinski definition) is 1. The van der Waals surface area contributed by atoms with Crippen molar-refractivity contribution in [1.29, 1.82) is 0 Å². The Kier molecular flexibility index (Phi) is 4.13. The van der Waals surface area contributed by atoms with Crippen LogP contribution in [0.4, 0.5) is 0 Å². The molecule has 0 aromatic heterocycles. The first kappa shape index (κ1) is 14.1. The molecule has 1 aromatic rings. The Morgan fingerprint density at radius 3 is 2.65 bits per heavy atom. The number of nitrogens with one attached hydrogen (secondary N) is 1. The number of rotatable bonds is 5. The molecule has 0 amide bonds. The standard InChI is InChI=1S/C18H28N2/c1-3-18(2)14-19-17(16-9-10-16)13-20(18)12-11-15-7-5-4-6-8-15/h4-8,16-17,19H,3,9-14H2,1-2H3. The third-order valence-corrected chi connectivity index (χ3v) is 5.39. The number of nitrogens with zero attached hydrogens (tertiary/aromatic N) is 1. The summed E-state index contributed by atoms with van der Waals surface area (Å²) in [6.45, 7) is 8.34. The van der Waals surface area contributed by atoms with E-state index in [1.54, 1.807) is 0 Å². The topological polar surface area (TPSA) is 15.3 Å². The Morgan fingerprint density at radius 1 is 1.25 bits per heavy atom. The van der Waals surface area contributed by atoms with Crippen molar-refractivity contribution in [2.45, 2.75) is 51.1 Å². The lowest BCUT2D eigenvalue weighted by atomic mass is 9.90. The maximum absolute atomic E-state index is 3.81. The lowest BCUT2D eigenvalue weighted by Gasteiger charge is -2.48. The van der Waals surface area contributed by atoms with Gasteiger partial charge in [-0.25, -0.2) is 0 Å². The van der Waals surface area contributed by atoms with Gasteiger partial charge in [-0.2, -0.15) is 0 Å². The van der Waals surface area contributed by atoms with Crippen LogP contribution in [-0.2, 0) is 6.42 Å². The van der Waals surface area contributed by atoms with Crippen LogP contribution in [0, 0.1) is 5.92 Å². The average Bonchev–Trinajstić information content (AvgIpc) is 3.32. The van der Waals surface area contributed by atoms with Gasteiger partial charge in [0.15, 0.2) is 0 Å². The Hall–Kier alpha value is -0.860. The Balaban J connectivity index is 1.63. The molecule has 1 aliphatic carbocycles. The Morgan fingerprint density at radius 2 is 2.00 bits per heavy atom. The predicted molar refractivity (Wildman–Crippen MR) is 84.9 cm³/mol. The van der Waals surface area contributed by atoms with Crippen molar-refractivity contribution in [3.63, 3.8) is 0 Å². The molecule has 110 valence electrons. The maximum atomic E-state index is 3.81. The molecule has 20 heavy (non-hydrogen) atoms. The zero-order chi connectivity index (χ0) is 14.0. The molecule has 1 saturated carbocycles. The first-order valence-electron chi connectivity index (χ1n) is 8.23. The van der Waals surface area contributed by atoms with Gasteiger partial charge in [0.1, 0.15) is 0 Å². The van der Waals surface area contributed by atoms with E-state index >= 15 is 0 Å². The van der Waals surface area contributed by atoms with E-state index in [9.17, 15) is 0 Å². The molecule has 2 nitrogen and oxygen atoms in total. The molecule has 0 bridgehead atoms. The second-order valence-electron chi connectivity index (χ2n) is 6.86. The number of hydrogen-bond acceptors (Lipinski definition) is 2. The summed E-state index contributed by atoms with van der Waals surface area (Å²) in [4.78, 5) is 2.75. The quantitative estimate of drug-likeness (QED) is 0.886. The summed E-state index contributed by atoms with van der Waals surface area (Å²) < 4.78 is 0. The van der Waals surface area contributed by atoms with Crippen molar-refractivity contribution in [2.24, 2.45) is 5.92 Å². The van der Waals surface area contributed by atoms with E-state index in [1.165, 1.54) is 44.3 Å². The fourth-order valence-electron chi connectivity index (χ4n) is 3.42. The summed E-state index contributed by atoms with van der Waals surface area (Å²) in [5.41, 5.74) is 1.80. The third-order valence-electron chi connectivity index (χ3n) is 5.39. The van der Waals surface area contributed by atoms with Crippen molar-refractivity contribution in [3.05, 3.63) is 35.9 Å². The lowest BCUT2D eigenvalue weighted by molar-refractivity contribution is 0.0452. The molecule has 1 N–H and O–H groups in total. The molecule has 1 aromatic carbocycles. The number of benzene rings is 1. The lowest BCUT2D eigenvalue weighted by Crippen LogP contribution is -2.63. The van der Waals surface area contributed by atoms with Crippen LogP contribution in [0.1, 0.15) is 38.7 Å². The fourth-order valence-corrected chi connectivity index (χ4v) is 3.42. The van der Waals surface area contributed by atoms with Gasteiger partial charge in [0, 0.05) is 31.2 Å². The van der Waals surface area contributed by atoms with Crippen molar-refractivity contribution in [3.8, 4) is 0 Å². The normalized spacial score (nSPS) is 31.4. The van der Waals surface area contributed by atoms with E-state index < -0.39 is 0 Å². The molecule has 1 saturated heterocycles. The Labute approximate surface area is 123 Å². The monoisotopic (exact) mass is 272 g/mol. The average molecular weight is 272 g/mol. The first-order chi connectivity index (χ1) is 9.71. The minimum atomic E-state index is 0.334. The maximum Gasteiger partial charge on any atom is 0.0304 e. The summed E-state index contributed by atoms with van der Waals surface area (Å²) in [5.74, 6) is 0.954. The van der Waals surface area contributed by atoms with Crippen LogP contribution in [0.15, 0.2) is 30.3 Å². The Bertz CT molecular complexity index is 426. The predicted octanol–water partition coefficient (Wildman–Crippen LogP) is 3.08. The van der Waals surface area contributed by atoms with Gasteiger partial charge < -0.3 is 5.32 Å². The second-order valence-corrected chi connectivity index (χ2v) is 6.86. The third kappa shape index (κ3) is 3.07. The highest BCUT2D eigenvalue weighted by Crippen LogP contribution is 2.36. The van der Waals surface area contributed by atoms with Gasteiger partial charge in [0.2, 0.25) is 0 Å².